The van der Waals surface area contributed by atoms with Crippen LogP contribution in [-0.2, 0) is 21.4 Å². The molecule has 1 aromatic heterocycles. The van der Waals surface area contributed by atoms with Gasteiger partial charge in [-0.25, -0.2) is 4.79 Å². The van der Waals surface area contributed by atoms with Crippen molar-refractivity contribution in [3.63, 3.8) is 0 Å². The Hall–Kier alpha value is -2.64. The van der Waals surface area contributed by atoms with Gasteiger partial charge < -0.3 is 14.6 Å². The standard InChI is InChI=1S/C19H25N3O5/c1-12-10-14(13(2)21(12)3)15(23)11-27-16(24)6-9-22-17(25)19(20-18(22)26)7-4-5-8-19/h10H,4-9,11H2,1-3H3,(H,20,26). The minimum atomic E-state index is -0.778. The number of hydrogen-bond acceptors (Lipinski definition) is 5. The number of Topliss-reactive ketones (excluding diaryl/α,β-unsaturated/α-hetero) is 1. The first-order chi connectivity index (χ1) is 12.7. The third kappa shape index (κ3) is 3.48. The molecule has 2 heterocycles. The van der Waals surface area contributed by atoms with Gasteiger partial charge in [0, 0.05) is 30.5 Å². The Morgan fingerprint density at radius 3 is 2.48 bits per heavy atom. The molecule has 0 aromatic carbocycles. The SMILES string of the molecule is Cc1cc(C(=O)COC(=O)CCN2C(=O)NC3(CCCC3)C2=O)c(C)n1C. The summed E-state index contributed by atoms with van der Waals surface area (Å²) in [5, 5.41) is 2.77. The van der Waals surface area contributed by atoms with Gasteiger partial charge in [0.15, 0.2) is 6.61 Å². The van der Waals surface area contributed by atoms with Gasteiger partial charge in [-0.3, -0.25) is 19.3 Å². The summed E-state index contributed by atoms with van der Waals surface area (Å²) in [6.07, 6.45) is 2.96. The van der Waals surface area contributed by atoms with Crippen molar-refractivity contribution in [2.75, 3.05) is 13.2 Å². The maximum atomic E-state index is 12.5. The van der Waals surface area contributed by atoms with Gasteiger partial charge in [-0.1, -0.05) is 12.8 Å². The highest BCUT2D eigenvalue weighted by Gasteiger charge is 2.52. The van der Waals surface area contributed by atoms with Crippen LogP contribution in [0.2, 0.25) is 0 Å². The number of rotatable bonds is 6. The summed E-state index contributed by atoms with van der Waals surface area (Å²) in [4.78, 5) is 49.9. The first-order valence-corrected chi connectivity index (χ1v) is 9.21. The molecule has 3 amide bonds. The molecular formula is C19H25N3O5. The molecule has 1 saturated heterocycles. The van der Waals surface area contributed by atoms with E-state index in [2.05, 4.69) is 5.32 Å². The maximum Gasteiger partial charge on any atom is 0.325 e. The molecule has 27 heavy (non-hydrogen) atoms. The summed E-state index contributed by atoms with van der Waals surface area (Å²) in [6, 6.07) is 1.31. The Balaban J connectivity index is 1.50. The van der Waals surface area contributed by atoms with E-state index < -0.39 is 17.5 Å². The highest BCUT2D eigenvalue weighted by atomic mass is 16.5. The van der Waals surface area contributed by atoms with E-state index in [-0.39, 0.29) is 31.3 Å². The van der Waals surface area contributed by atoms with Crippen molar-refractivity contribution in [1.29, 1.82) is 0 Å². The number of esters is 1. The van der Waals surface area contributed by atoms with Crippen molar-refractivity contribution < 1.29 is 23.9 Å². The van der Waals surface area contributed by atoms with Crippen LogP contribution in [0.3, 0.4) is 0 Å². The second-order valence-electron chi connectivity index (χ2n) is 7.35. The molecule has 2 fully saturated rings. The lowest BCUT2D eigenvalue weighted by atomic mass is 9.98. The third-order valence-corrected chi connectivity index (χ3v) is 5.68. The first-order valence-electron chi connectivity index (χ1n) is 9.21. The molecule has 1 aliphatic heterocycles. The van der Waals surface area contributed by atoms with Crippen molar-refractivity contribution >= 4 is 23.7 Å². The highest BCUT2D eigenvalue weighted by molar-refractivity contribution is 6.07. The molecule has 1 saturated carbocycles. The summed E-state index contributed by atoms with van der Waals surface area (Å²) >= 11 is 0. The number of ketones is 1. The summed E-state index contributed by atoms with van der Waals surface area (Å²) in [5.74, 6) is -1.14. The molecule has 1 spiro atoms. The molecule has 1 aromatic rings. The molecule has 0 unspecified atom stereocenters. The Labute approximate surface area is 157 Å². The summed E-state index contributed by atoms with van der Waals surface area (Å²) in [7, 11) is 1.86. The van der Waals surface area contributed by atoms with Crippen LogP contribution >= 0.6 is 0 Å². The largest absolute Gasteiger partial charge is 0.457 e. The van der Waals surface area contributed by atoms with Crippen LogP contribution in [0.4, 0.5) is 4.79 Å². The lowest BCUT2D eigenvalue weighted by molar-refractivity contribution is -0.143. The Bertz CT molecular complexity index is 805. The van der Waals surface area contributed by atoms with Crippen molar-refractivity contribution in [2.24, 2.45) is 7.05 Å². The fraction of sp³-hybridized carbons (Fsp3) is 0.579. The zero-order valence-corrected chi connectivity index (χ0v) is 16.0. The maximum absolute atomic E-state index is 12.5. The van der Waals surface area contributed by atoms with Gasteiger partial charge in [-0.2, -0.15) is 0 Å². The van der Waals surface area contributed by atoms with E-state index in [0.717, 1.165) is 29.1 Å². The smallest absolute Gasteiger partial charge is 0.325 e. The van der Waals surface area contributed by atoms with Crippen molar-refractivity contribution in [3.8, 4) is 0 Å². The van der Waals surface area contributed by atoms with Crippen molar-refractivity contribution in [2.45, 2.75) is 51.5 Å². The molecule has 1 aliphatic carbocycles. The monoisotopic (exact) mass is 375 g/mol. The first kappa shape index (κ1) is 19.1. The molecule has 0 atom stereocenters. The Kier molecular flexibility index (Phi) is 5.08. The second-order valence-corrected chi connectivity index (χ2v) is 7.35. The molecule has 0 bridgehead atoms. The lowest BCUT2D eigenvalue weighted by Gasteiger charge is -2.19. The van der Waals surface area contributed by atoms with E-state index >= 15 is 0 Å². The number of hydrogen-bond donors (Lipinski definition) is 1. The summed E-state index contributed by atoms with van der Waals surface area (Å²) < 4.78 is 6.94. The van der Waals surface area contributed by atoms with Crippen LogP contribution in [0.5, 0.6) is 0 Å². The van der Waals surface area contributed by atoms with E-state index in [0.29, 0.717) is 18.4 Å². The second kappa shape index (κ2) is 7.17. The predicted octanol–water partition coefficient (Wildman–Crippen LogP) is 1.62. The Morgan fingerprint density at radius 1 is 1.22 bits per heavy atom. The average Bonchev–Trinajstić information content (AvgIpc) is 3.27. The lowest BCUT2D eigenvalue weighted by Crippen LogP contribution is -2.44. The fourth-order valence-corrected chi connectivity index (χ4v) is 3.83. The van der Waals surface area contributed by atoms with Crippen LogP contribution < -0.4 is 5.32 Å². The van der Waals surface area contributed by atoms with Gasteiger partial charge in [0.1, 0.15) is 5.54 Å². The number of imide groups is 1. The highest BCUT2D eigenvalue weighted by Crippen LogP contribution is 2.35. The number of aryl methyl sites for hydroxylation is 1. The molecule has 2 aliphatic rings. The van der Waals surface area contributed by atoms with E-state index in [1.165, 1.54) is 0 Å². The number of carbonyl (C=O) groups is 4. The van der Waals surface area contributed by atoms with Gasteiger partial charge in [0.05, 0.1) is 6.42 Å². The quantitative estimate of drug-likeness (QED) is 0.463. The van der Waals surface area contributed by atoms with Crippen LogP contribution in [0, 0.1) is 13.8 Å². The normalized spacial score (nSPS) is 18.3. The van der Waals surface area contributed by atoms with E-state index in [1.54, 1.807) is 6.07 Å². The average molecular weight is 375 g/mol. The third-order valence-electron chi connectivity index (χ3n) is 5.68. The topological polar surface area (TPSA) is 97.7 Å². The molecule has 8 nitrogen and oxygen atoms in total. The van der Waals surface area contributed by atoms with Gasteiger partial charge in [0.2, 0.25) is 5.78 Å². The van der Waals surface area contributed by atoms with E-state index in [4.69, 9.17) is 4.74 Å². The van der Waals surface area contributed by atoms with E-state index in [9.17, 15) is 19.2 Å². The number of urea groups is 1. The molecule has 8 heteroatoms. The zero-order chi connectivity index (χ0) is 19.8. The van der Waals surface area contributed by atoms with Gasteiger partial charge in [-0.05, 0) is 32.8 Å². The molecule has 1 N–H and O–H groups in total. The number of nitrogens with zero attached hydrogens (tertiary/aromatic N) is 2. The molecule has 0 radical (unpaired) electrons. The minimum Gasteiger partial charge on any atom is -0.457 e. The van der Waals surface area contributed by atoms with Gasteiger partial charge >= 0.3 is 12.0 Å². The van der Waals surface area contributed by atoms with Gasteiger partial charge in [-0.15, -0.1) is 0 Å². The molecule has 146 valence electrons. The predicted molar refractivity (Wildman–Crippen MR) is 96.2 cm³/mol. The Morgan fingerprint density at radius 2 is 1.89 bits per heavy atom. The number of carbonyl (C=O) groups excluding carboxylic acids is 4. The van der Waals surface area contributed by atoms with Crippen LogP contribution in [0.1, 0.15) is 53.8 Å². The number of aromatic nitrogens is 1. The van der Waals surface area contributed by atoms with Crippen LogP contribution in [0.15, 0.2) is 6.07 Å². The molecular weight excluding hydrogens is 350 g/mol. The van der Waals surface area contributed by atoms with Crippen LogP contribution in [0.25, 0.3) is 0 Å². The number of nitrogens with one attached hydrogen (secondary N) is 1. The van der Waals surface area contributed by atoms with Crippen molar-refractivity contribution in [1.82, 2.24) is 14.8 Å². The minimum absolute atomic E-state index is 0.0388. The van der Waals surface area contributed by atoms with Crippen molar-refractivity contribution in [3.05, 3.63) is 23.0 Å². The summed E-state index contributed by atoms with van der Waals surface area (Å²) in [6.45, 7) is 3.33. The van der Waals surface area contributed by atoms with Gasteiger partial charge in [0.25, 0.3) is 5.91 Å². The number of amides is 3. The molecule has 3 rings (SSSR count). The zero-order valence-electron chi connectivity index (χ0n) is 16.0. The summed E-state index contributed by atoms with van der Waals surface area (Å²) in [5.41, 5.74) is 1.51. The van der Waals surface area contributed by atoms with E-state index in [1.807, 2.05) is 25.5 Å². The van der Waals surface area contributed by atoms with Crippen LogP contribution in [-0.4, -0.2) is 51.8 Å². The number of ether oxygens (including phenoxy) is 1. The fourth-order valence-electron chi connectivity index (χ4n) is 3.83.